The molecule has 0 spiro atoms. The number of carbonyl (C=O) groups excluding carboxylic acids is 1. The molecule has 0 N–H and O–H groups in total. The molecule has 2 atom stereocenters. The molecule has 0 aromatic carbocycles. The summed E-state index contributed by atoms with van der Waals surface area (Å²) in [5, 5.41) is 0. The zero-order valence-corrected chi connectivity index (χ0v) is 13.2. The summed E-state index contributed by atoms with van der Waals surface area (Å²) < 4.78 is 25.9. The minimum absolute atomic E-state index is 0.0323. The van der Waals surface area contributed by atoms with E-state index in [9.17, 15) is 13.2 Å². The monoisotopic (exact) mass is 316 g/mol. The van der Waals surface area contributed by atoms with Gasteiger partial charge in [-0.15, -0.1) is 23.2 Å². The number of amides is 1. The second kappa shape index (κ2) is 5.15. The van der Waals surface area contributed by atoms with E-state index in [1.165, 1.54) is 14.1 Å². The van der Waals surface area contributed by atoms with Crippen LogP contribution in [0.25, 0.3) is 0 Å². The summed E-state index contributed by atoms with van der Waals surface area (Å²) in [5.74, 6) is -1.02. The predicted molar refractivity (Wildman–Crippen MR) is 72.0 cm³/mol. The van der Waals surface area contributed by atoms with E-state index in [1.807, 2.05) is 0 Å². The Morgan fingerprint density at radius 2 is 2.00 bits per heavy atom. The number of rotatable bonds is 4. The molecule has 0 radical (unpaired) electrons. The summed E-state index contributed by atoms with van der Waals surface area (Å²) in [6.45, 7) is 3.61. The Bertz CT molecular complexity index is 438. The van der Waals surface area contributed by atoms with Gasteiger partial charge in [-0.25, -0.2) is 4.31 Å². The third-order valence-corrected chi connectivity index (χ3v) is 6.38. The Morgan fingerprint density at radius 1 is 1.50 bits per heavy atom. The van der Waals surface area contributed by atoms with Crippen molar-refractivity contribution in [3.63, 3.8) is 0 Å². The third kappa shape index (κ3) is 2.24. The van der Waals surface area contributed by atoms with E-state index in [0.29, 0.717) is 0 Å². The van der Waals surface area contributed by atoms with Crippen LogP contribution in [0.3, 0.4) is 0 Å². The minimum atomic E-state index is -3.80. The van der Waals surface area contributed by atoms with Crippen LogP contribution in [-0.2, 0) is 15.0 Å². The average molecular weight is 317 g/mol. The molecule has 1 saturated heterocycles. The third-order valence-electron chi connectivity index (χ3n) is 3.30. The standard InChI is InChI=1S/C10H18Cl2N2O3S/c1-7(2)10(12)8(5-11)6-14(9(10)15)18(16,17)13(3)4/h7-8H,5-6H2,1-4H3/t8?,10-/m1/s1. The van der Waals surface area contributed by atoms with Crippen molar-refractivity contribution < 1.29 is 13.2 Å². The first-order valence-corrected chi connectivity index (χ1v) is 7.90. The lowest BCUT2D eigenvalue weighted by Crippen LogP contribution is -2.47. The average Bonchev–Trinajstić information content (AvgIpc) is 2.53. The zero-order valence-electron chi connectivity index (χ0n) is 10.9. The predicted octanol–water partition coefficient (Wildman–Crippen LogP) is 1.12. The maximum Gasteiger partial charge on any atom is 0.305 e. The summed E-state index contributed by atoms with van der Waals surface area (Å²) >= 11 is 12.2. The van der Waals surface area contributed by atoms with Crippen molar-refractivity contribution in [3.8, 4) is 0 Å². The van der Waals surface area contributed by atoms with Crippen LogP contribution in [0.15, 0.2) is 0 Å². The second-order valence-electron chi connectivity index (χ2n) is 4.90. The molecule has 8 heteroatoms. The normalized spacial score (nSPS) is 29.7. The topological polar surface area (TPSA) is 57.7 Å². The van der Waals surface area contributed by atoms with Gasteiger partial charge in [-0.2, -0.15) is 12.7 Å². The van der Waals surface area contributed by atoms with E-state index >= 15 is 0 Å². The second-order valence-corrected chi connectivity index (χ2v) is 7.90. The van der Waals surface area contributed by atoms with E-state index in [4.69, 9.17) is 23.2 Å². The molecular formula is C10H18Cl2N2O3S. The maximum absolute atomic E-state index is 12.3. The fourth-order valence-corrected chi connectivity index (χ4v) is 3.90. The van der Waals surface area contributed by atoms with Gasteiger partial charge in [0.15, 0.2) is 0 Å². The zero-order chi connectivity index (χ0) is 14.3. The molecule has 1 aliphatic rings. The van der Waals surface area contributed by atoms with Crippen LogP contribution in [0.2, 0.25) is 0 Å². The molecule has 0 aromatic heterocycles. The fourth-order valence-electron chi connectivity index (χ4n) is 2.06. The molecular weight excluding hydrogens is 299 g/mol. The molecule has 1 fully saturated rings. The van der Waals surface area contributed by atoms with Crippen molar-refractivity contribution in [3.05, 3.63) is 0 Å². The van der Waals surface area contributed by atoms with Gasteiger partial charge in [0.2, 0.25) is 0 Å². The van der Waals surface area contributed by atoms with Crippen LogP contribution in [0.1, 0.15) is 13.8 Å². The van der Waals surface area contributed by atoms with E-state index < -0.39 is 21.0 Å². The molecule has 1 rings (SSSR count). The number of halogens is 2. The maximum atomic E-state index is 12.3. The quantitative estimate of drug-likeness (QED) is 0.730. The first kappa shape index (κ1) is 16.0. The molecule has 0 aliphatic carbocycles. The van der Waals surface area contributed by atoms with Gasteiger partial charge >= 0.3 is 10.2 Å². The van der Waals surface area contributed by atoms with Crippen LogP contribution >= 0.6 is 23.2 Å². The smallest absolute Gasteiger partial charge is 0.272 e. The van der Waals surface area contributed by atoms with Gasteiger partial charge in [-0.05, 0) is 5.92 Å². The molecule has 1 unspecified atom stereocenters. The van der Waals surface area contributed by atoms with Crippen LogP contribution in [0.4, 0.5) is 0 Å². The summed E-state index contributed by atoms with van der Waals surface area (Å²) in [6, 6.07) is 0. The van der Waals surface area contributed by atoms with Gasteiger partial charge in [-0.1, -0.05) is 13.8 Å². The van der Waals surface area contributed by atoms with E-state index in [0.717, 1.165) is 8.61 Å². The molecule has 0 aromatic rings. The van der Waals surface area contributed by atoms with Crippen LogP contribution in [0, 0.1) is 11.8 Å². The first-order valence-electron chi connectivity index (χ1n) is 5.59. The van der Waals surface area contributed by atoms with Gasteiger partial charge in [0.25, 0.3) is 5.91 Å². The lowest BCUT2D eigenvalue weighted by molar-refractivity contribution is -0.127. The van der Waals surface area contributed by atoms with Gasteiger partial charge in [0.1, 0.15) is 4.87 Å². The van der Waals surface area contributed by atoms with Crippen LogP contribution in [0.5, 0.6) is 0 Å². The van der Waals surface area contributed by atoms with Crippen LogP contribution < -0.4 is 0 Å². The van der Waals surface area contributed by atoms with Crippen molar-refractivity contribution in [1.29, 1.82) is 0 Å². The summed E-state index contributed by atoms with van der Waals surface area (Å²) in [7, 11) is -1.05. The van der Waals surface area contributed by atoms with Gasteiger partial charge in [0.05, 0.1) is 0 Å². The van der Waals surface area contributed by atoms with Gasteiger partial charge in [-0.3, -0.25) is 4.79 Å². The molecule has 5 nitrogen and oxygen atoms in total. The van der Waals surface area contributed by atoms with Crippen molar-refractivity contribution in [2.75, 3.05) is 26.5 Å². The van der Waals surface area contributed by atoms with Crippen molar-refractivity contribution in [2.45, 2.75) is 18.7 Å². The number of hydrogen-bond acceptors (Lipinski definition) is 3. The number of carbonyl (C=O) groups is 1. The highest BCUT2D eigenvalue weighted by Gasteiger charge is 2.57. The Hall–Kier alpha value is -0.0400. The van der Waals surface area contributed by atoms with Crippen molar-refractivity contribution in [1.82, 2.24) is 8.61 Å². The number of hydrogen-bond donors (Lipinski definition) is 0. The van der Waals surface area contributed by atoms with Gasteiger partial charge in [0, 0.05) is 32.4 Å². The Labute approximate surface area is 118 Å². The molecule has 0 saturated carbocycles. The largest absolute Gasteiger partial charge is 0.305 e. The summed E-state index contributed by atoms with van der Waals surface area (Å²) in [6.07, 6.45) is 0. The number of alkyl halides is 2. The highest BCUT2D eigenvalue weighted by atomic mass is 35.5. The van der Waals surface area contributed by atoms with Crippen LogP contribution in [-0.4, -0.2) is 54.3 Å². The van der Waals surface area contributed by atoms with E-state index in [2.05, 4.69) is 0 Å². The summed E-state index contributed by atoms with van der Waals surface area (Å²) in [4.78, 5) is 11.1. The molecule has 0 bridgehead atoms. The number of nitrogens with zero attached hydrogens (tertiary/aromatic N) is 2. The molecule has 1 amide bonds. The highest BCUT2D eigenvalue weighted by Crippen LogP contribution is 2.43. The van der Waals surface area contributed by atoms with E-state index in [-0.39, 0.29) is 24.3 Å². The SMILES string of the molecule is CC(C)[C@]1(Cl)C(=O)N(S(=O)(=O)N(C)C)CC1CCl. The Kier molecular flexibility index (Phi) is 4.58. The lowest BCUT2D eigenvalue weighted by Gasteiger charge is -2.28. The fraction of sp³-hybridized carbons (Fsp3) is 0.900. The Balaban J connectivity index is 3.22. The first-order chi connectivity index (χ1) is 8.10. The van der Waals surface area contributed by atoms with Crippen molar-refractivity contribution >= 4 is 39.3 Å². The van der Waals surface area contributed by atoms with E-state index in [1.54, 1.807) is 13.8 Å². The van der Waals surface area contributed by atoms with Crippen molar-refractivity contribution in [2.24, 2.45) is 11.8 Å². The molecule has 1 heterocycles. The highest BCUT2D eigenvalue weighted by molar-refractivity contribution is 7.87. The molecule has 106 valence electrons. The Morgan fingerprint density at radius 3 is 2.28 bits per heavy atom. The minimum Gasteiger partial charge on any atom is -0.272 e. The lowest BCUT2D eigenvalue weighted by atomic mass is 9.86. The molecule has 1 aliphatic heterocycles. The molecule has 18 heavy (non-hydrogen) atoms. The van der Waals surface area contributed by atoms with Gasteiger partial charge < -0.3 is 0 Å². The summed E-state index contributed by atoms with van der Waals surface area (Å²) in [5.41, 5.74) is 0.